The van der Waals surface area contributed by atoms with Gasteiger partial charge in [-0.2, -0.15) is 0 Å². The van der Waals surface area contributed by atoms with E-state index in [2.05, 4.69) is 51.5 Å². The van der Waals surface area contributed by atoms with Crippen LogP contribution in [0, 0.1) is 6.92 Å². The maximum atomic E-state index is 12.7. The normalized spacial score (nSPS) is 17.0. The molecule has 1 fully saturated rings. The van der Waals surface area contributed by atoms with Crippen LogP contribution in [0.2, 0.25) is 5.02 Å². The molecule has 1 saturated heterocycles. The number of hydrogen-bond donors (Lipinski definition) is 1. The number of aryl methyl sites for hydroxylation is 1. The van der Waals surface area contributed by atoms with Crippen LogP contribution in [-0.4, -0.2) is 54.5 Å². The molecular formula is C23H28ClN3O. The van der Waals surface area contributed by atoms with Crippen LogP contribution < -0.4 is 5.32 Å². The average molecular weight is 398 g/mol. The molecule has 1 N–H and O–H groups in total. The molecule has 5 heteroatoms. The molecule has 0 unspecified atom stereocenters. The van der Waals surface area contributed by atoms with E-state index in [9.17, 15) is 4.79 Å². The Bertz CT molecular complexity index is 814. The van der Waals surface area contributed by atoms with Crippen molar-refractivity contribution >= 4 is 29.3 Å². The number of hydrogen-bond acceptors (Lipinski definition) is 3. The van der Waals surface area contributed by atoms with Crippen LogP contribution in [0.4, 0.5) is 5.69 Å². The zero-order chi connectivity index (χ0) is 19.9. The number of piperazine rings is 1. The standard InChI is InChI=1S/C23H28ClN3O/c1-18-10-11-21(24)17-22(18)25-23(28)19(2)27-15-13-26(14-16-27)12-6-9-20-7-4-3-5-8-20/h3-11,17,19H,12-16H2,1-2H3,(H,25,28)/b9-6+/t19-/m0/s1. The number of carbonyl (C=O) groups is 1. The molecule has 148 valence electrons. The van der Waals surface area contributed by atoms with Crippen molar-refractivity contribution in [3.63, 3.8) is 0 Å². The molecular weight excluding hydrogens is 370 g/mol. The molecule has 3 rings (SSSR count). The largest absolute Gasteiger partial charge is 0.324 e. The fourth-order valence-corrected chi connectivity index (χ4v) is 3.54. The smallest absolute Gasteiger partial charge is 0.241 e. The van der Waals surface area contributed by atoms with Crippen molar-refractivity contribution < 1.29 is 4.79 Å². The molecule has 1 aliphatic rings. The fourth-order valence-electron chi connectivity index (χ4n) is 3.37. The molecule has 0 radical (unpaired) electrons. The third-order valence-electron chi connectivity index (χ3n) is 5.27. The summed E-state index contributed by atoms with van der Waals surface area (Å²) in [5, 5.41) is 3.65. The van der Waals surface area contributed by atoms with Crippen molar-refractivity contribution in [2.75, 3.05) is 38.0 Å². The van der Waals surface area contributed by atoms with Gasteiger partial charge in [-0.25, -0.2) is 0 Å². The summed E-state index contributed by atoms with van der Waals surface area (Å²) in [6, 6.07) is 15.7. The molecule has 2 aromatic rings. The Hall–Kier alpha value is -2.14. The van der Waals surface area contributed by atoms with Crippen LogP contribution in [0.25, 0.3) is 6.08 Å². The summed E-state index contributed by atoms with van der Waals surface area (Å²) >= 11 is 6.05. The van der Waals surface area contributed by atoms with Crippen molar-refractivity contribution in [3.8, 4) is 0 Å². The molecule has 4 nitrogen and oxygen atoms in total. The number of anilines is 1. The predicted octanol–water partition coefficient (Wildman–Crippen LogP) is 4.31. The molecule has 2 aromatic carbocycles. The predicted molar refractivity (Wildman–Crippen MR) is 118 cm³/mol. The highest BCUT2D eigenvalue weighted by molar-refractivity contribution is 6.31. The third kappa shape index (κ3) is 5.68. The summed E-state index contributed by atoms with van der Waals surface area (Å²) in [5.41, 5.74) is 3.02. The van der Waals surface area contributed by atoms with Crippen LogP contribution in [0.1, 0.15) is 18.1 Å². The van der Waals surface area contributed by atoms with Gasteiger partial charge in [0.15, 0.2) is 0 Å². The lowest BCUT2D eigenvalue weighted by atomic mass is 10.1. The topological polar surface area (TPSA) is 35.6 Å². The molecule has 0 spiro atoms. The van der Waals surface area contributed by atoms with Gasteiger partial charge in [-0.05, 0) is 37.1 Å². The molecule has 1 amide bonds. The molecule has 0 saturated carbocycles. The van der Waals surface area contributed by atoms with Gasteiger partial charge < -0.3 is 5.32 Å². The lowest BCUT2D eigenvalue weighted by Crippen LogP contribution is -2.52. The second kappa shape index (κ2) is 9.87. The van der Waals surface area contributed by atoms with Crippen LogP contribution in [-0.2, 0) is 4.79 Å². The first kappa shape index (κ1) is 20.6. The summed E-state index contributed by atoms with van der Waals surface area (Å²) in [7, 11) is 0. The number of nitrogens with zero attached hydrogens (tertiary/aromatic N) is 2. The number of halogens is 1. The van der Waals surface area contributed by atoms with E-state index < -0.39 is 0 Å². The van der Waals surface area contributed by atoms with Crippen molar-refractivity contribution in [3.05, 3.63) is 70.8 Å². The Morgan fingerprint density at radius 2 is 1.86 bits per heavy atom. The number of amides is 1. The molecule has 0 aromatic heterocycles. The van der Waals surface area contributed by atoms with E-state index in [-0.39, 0.29) is 11.9 Å². The Morgan fingerprint density at radius 1 is 1.14 bits per heavy atom. The van der Waals surface area contributed by atoms with E-state index in [1.807, 2.05) is 32.0 Å². The quantitative estimate of drug-likeness (QED) is 0.789. The molecule has 0 bridgehead atoms. The zero-order valence-electron chi connectivity index (χ0n) is 16.6. The minimum absolute atomic E-state index is 0.0165. The van der Waals surface area contributed by atoms with E-state index in [1.54, 1.807) is 6.07 Å². The van der Waals surface area contributed by atoms with Crippen LogP contribution in [0.5, 0.6) is 0 Å². The van der Waals surface area contributed by atoms with Crippen LogP contribution >= 0.6 is 11.6 Å². The number of benzene rings is 2. The van der Waals surface area contributed by atoms with Gasteiger partial charge in [-0.1, -0.05) is 60.2 Å². The van der Waals surface area contributed by atoms with Gasteiger partial charge >= 0.3 is 0 Å². The maximum absolute atomic E-state index is 12.7. The summed E-state index contributed by atoms with van der Waals surface area (Å²) < 4.78 is 0. The highest BCUT2D eigenvalue weighted by atomic mass is 35.5. The van der Waals surface area contributed by atoms with Gasteiger partial charge in [0.2, 0.25) is 5.91 Å². The minimum Gasteiger partial charge on any atom is -0.324 e. The summed E-state index contributed by atoms with van der Waals surface area (Å²) in [6.45, 7) is 8.59. The number of nitrogens with one attached hydrogen (secondary N) is 1. The van der Waals surface area contributed by atoms with Gasteiger partial charge in [-0.15, -0.1) is 0 Å². The third-order valence-corrected chi connectivity index (χ3v) is 5.50. The SMILES string of the molecule is Cc1ccc(Cl)cc1NC(=O)[C@H](C)N1CCN(C/C=C/c2ccccc2)CC1. The zero-order valence-corrected chi connectivity index (χ0v) is 17.3. The Morgan fingerprint density at radius 3 is 2.57 bits per heavy atom. The first-order valence-corrected chi connectivity index (χ1v) is 10.2. The van der Waals surface area contributed by atoms with Gasteiger partial charge in [0.1, 0.15) is 0 Å². The van der Waals surface area contributed by atoms with Crippen molar-refractivity contribution in [2.24, 2.45) is 0 Å². The van der Waals surface area contributed by atoms with E-state index in [0.717, 1.165) is 44.0 Å². The highest BCUT2D eigenvalue weighted by Gasteiger charge is 2.25. The Labute approximate surface area is 172 Å². The van der Waals surface area contributed by atoms with E-state index >= 15 is 0 Å². The number of rotatable bonds is 6. The van der Waals surface area contributed by atoms with E-state index in [0.29, 0.717) is 5.02 Å². The molecule has 0 aliphatic carbocycles. The second-order valence-electron chi connectivity index (χ2n) is 7.27. The summed E-state index contributed by atoms with van der Waals surface area (Å²) in [4.78, 5) is 17.3. The van der Waals surface area contributed by atoms with Crippen molar-refractivity contribution in [1.29, 1.82) is 0 Å². The monoisotopic (exact) mass is 397 g/mol. The Kier molecular flexibility index (Phi) is 7.26. The summed E-state index contributed by atoms with van der Waals surface area (Å²) in [5.74, 6) is 0.0165. The van der Waals surface area contributed by atoms with Gasteiger partial charge in [0.05, 0.1) is 6.04 Å². The average Bonchev–Trinajstić information content (AvgIpc) is 2.71. The van der Waals surface area contributed by atoms with Gasteiger partial charge in [0, 0.05) is 43.4 Å². The molecule has 1 aliphatic heterocycles. The van der Waals surface area contributed by atoms with Crippen LogP contribution in [0.15, 0.2) is 54.6 Å². The lowest BCUT2D eigenvalue weighted by Gasteiger charge is -2.37. The first-order valence-electron chi connectivity index (χ1n) is 9.78. The number of carbonyl (C=O) groups excluding carboxylic acids is 1. The van der Waals surface area contributed by atoms with Crippen molar-refractivity contribution in [2.45, 2.75) is 19.9 Å². The summed E-state index contributed by atoms with van der Waals surface area (Å²) in [6.07, 6.45) is 4.37. The lowest BCUT2D eigenvalue weighted by molar-refractivity contribution is -0.121. The second-order valence-corrected chi connectivity index (χ2v) is 7.71. The molecule has 1 atom stereocenters. The van der Waals surface area contributed by atoms with Crippen molar-refractivity contribution in [1.82, 2.24) is 9.80 Å². The minimum atomic E-state index is -0.166. The van der Waals surface area contributed by atoms with E-state index in [1.165, 1.54) is 5.56 Å². The molecule has 1 heterocycles. The first-order chi connectivity index (χ1) is 13.5. The Balaban J connectivity index is 1.46. The van der Waals surface area contributed by atoms with Crippen LogP contribution in [0.3, 0.4) is 0 Å². The fraction of sp³-hybridized carbons (Fsp3) is 0.348. The van der Waals surface area contributed by atoms with Gasteiger partial charge in [-0.3, -0.25) is 14.6 Å². The highest BCUT2D eigenvalue weighted by Crippen LogP contribution is 2.21. The maximum Gasteiger partial charge on any atom is 0.241 e. The van der Waals surface area contributed by atoms with Gasteiger partial charge in [0.25, 0.3) is 0 Å². The van der Waals surface area contributed by atoms with E-state index in [4.69, 9.17) is 11.6 Å². The molecule has 28 heavy (non-hydrogen) atoms.